The van der Waals surface area contributed by atoms with E-state index >= 15 is 0 Å². The second-order valence-corrected chi connectivity index (χ2v) is 8.02. The molecule has 7 heteroatoms. The fraction of sp³-hybridized carbons (Fsp3) is 0.333. The number of carbonyl (C=O) groups excluding carboxylic acids is 1. The molecule has 0 aliphatic carbocycles. The molecule has 1 amide bonds. The average Bonchev–Trinajstić information content (AvgIpc) is 3.24. The highest BCUT2D eigenvalue weighted by atomic mass is 16.2. The number of hydrogen-bond donors (Lipinski definition) is 1. The van der Waals surface area contributed by atoms with Crippen LogP contribution in [0.3, 0.4) is 0 Å². The van der Waals surface area contributed by atoms with E-state index in [-0.39, 0.29) is 12.5 Å². The van der Waals surface area contributed by atoms with E-state index in [4.69, 9.17) is 0 Å². The summed E-state index contributed by atoms with van der Waals surface area (Å²) in [6, 6.07) is 12.5. The van der Waals surface area contributed by atoms with Crippen LogP contribution >= 0.6 is 0 Å². The molecule has 0 saturated carbocycles. The summed E-state index contributed by atoms with van der Waals surface area (Å²) in [6.45, 7) is 9.59. The van der Waals surface area contributed by atoms with Gasteiger partial charge in [-0.05, 0) is 57.4 Å². The molecule has 4 aromatic rings. The monoisotopic (exact) mass is 416 g/mol. The summed E-state index contributed by atoms with van der Waals surface area (Å²) in [5, 5.41) is 13.0. The van der Waals surface area contributed by atoms with E-state index in [0.717, 1.165) is 52.2 Å². The quantitative estimate of drug-likeness (QED) is 0.466. The molecule has 1 aromatic carbocycles. The summed E-state index contributed by atoms with van der Waals surface area (Å²) in [7, 11) is 0. The highest BCUT2D eigenvalue weighted by molar-refractivity contribution is 5.95. The van der Waals surface area contributed by atoms with Crippen molar-refractivity contribution < 1.29 is 4.79 Å². The van der Waals surface area contributed by atoms with Gasteiger partial charge in [-0.2, -0.15) is 10.2 Å². The summed E-state index contributed by atoms with van der Waals surface area (Å²) in [5.74, 6) is -0.0692. The number of rotatable bonds is 7. The van der Waals surface area contributed by atoms with Crippen molar-refractivity contribution in [1.29, 1.82) is 0 Å². The van der Waals surface area contributed by atoms with Crippen molar-refractivity contribution in [1.82, 2.24) is 29.9 Å². The molecule has 0 bridgehead atoms. The summed E-state index contributed by atoms with van der Waals surface area (Å²) < 4.78 is 3.67. The lowest BCUT2D eigenvalue weighted by molar-refractivity contribution is -0.121. The van der Waals surface area contributed by atoms with Gasteiger partial charge in [0.2, 0.25) is 5.91 Å². The molecular formula is C24H28N6O. The summed E-state index contributed by atoms with van der Waals surface area (Å²) in [6.07, 6.45) is 2.60. The van der Waals surface area contributed by atoms with Gasteiger partial charge in [0.05, 0.1) is 11.4 Å². The van der Waals surface area contributed by atoms with Crippen molar-refractivity contribution in [3.05, 3.63) is 65.2 Å². The second kappa shape index (κ2) is 8.71. The minimum atomic E-state index is -0.0692. The fourth-order valence-electron chi connectivity index (χ4n) is 3.92. The lowest BCUT2D eigenvalue weighted by atomic mass is 10.0. The van der Waals surface area contributed by atoms with E-state index in [1.54, 1.807) is 10.9 Å². The van der Waals surface area contributed by atoms with Crippen LogP contribution in [-0.2, 0) is 17.9 Å². The van der Waals surface area contributed by atoms with Crippen molar-refractivity contribution >= 4 is 16.9 Å². The van der Waals surface area contributed by atoms with Crippen molar-refractivity contribution in [2.75, 3.05) is 6.54 Å². The smallest absolute Gasteiger partial charge is 0.241 e. The Labute approximate surface area is 182 Å². The van der Waals surface area contributed by atoms with Gasteiger partial charge < -0.3 is 5.32 Å². The van der Waals surface area contributed by atoms with Crippen LogP contribution in [0.1, 0.15) is 29.1 Å². The van der Waals surface area contributed by atoms with Gasteiger partial charge in [-0.25, -0.2) is 9.67 Å². The number of aryl methyl sites for hydroxylation is 5. The van der Waals surface area contributed by atoms with Crippen molar-refractivity contribution in [3.63, 3.8) is 0 Å². The van der Waals surface area contributed by atoms with Crippen LogP contribution in [0.15, 0.2) is 42.6 Å². The van der Waals surface area contributed by atoms with E-state index in [0.29, 0.717) is 6.54 Å². The molecule has 0 fully saturated rings. The first-order chi connectivity index (χ1) is 14.9. The Balaban J connectivity index is 1.43. The molecule has 0 radical (unpaired) electrons. The van der Waals surface area contributed by atoms with Gasteiger partial charge in [0.25, 0.3) is 0 Å². The van der Waals surface area contributed by atoms with Crippen LogP contribution < -0.4 is 5.32 Å². The summed E-state index contributed by atoms with van der Waals surface area (Å²) >= 11 is 0. The third-order valence-electron chi connectivity index (χ3n) is 5.44. The molecule has 0 atom stereocenters. The number of fused-ring (bicyclic) bond motifs is 1. The number of pyridine rings is 1. The molecule has 7 nitrogen and oxygen atoms in total. The number of benzene rings is 1. The SMILES string of the molecule is Cc1ccc(-c2ccnc3c2c(C)nn3CC(=O)NCCCn2nc(C)cc2C)cc1. The Kier molecular flexibility index (Phi) is 5.84. The minimum absolute atomic E-state index is 0.0692. The van der Waals surface area contributed by atoms with Gasteiger partial charge in [0, 0.05) is 30.4 Å². The molecule has 3 heterocycles. The lowest BCUT2D eigenvalue weighted by Crippen LogP contribution is -2.29. The predicted molar refractivity (Wildman–Crippen MR) is 122 cm³/mol. The molecule has 0 spiro atoms. The van der Waals surface area contributed by atoms with Crippen molar-refractivity contribution in [2.45, 2.75) is 47.2 Å². The number of amides is 1. The van der Waals surface area contributed by atoms with Gasteiger partial charge in [-0.15, -0.1) is 0 Å². The zero-order valence-corrected chi connectivity index (χ0v) is 18.5. The first-order valence-electron chi connectivity index (χ1n) is 10.6. The normalized spacial score (nSPS) is 11.2. The average molecular weight is 417 g/mol. The maximum atomic E-state index is 12.5. The summed E-state index contributed by atoms with van der Waals surface area (Å²) in [5.41, 5.74) is 7.17. The first kappa shape index (κ1) is 20.8. The van der Waals surface area contributed by atoms with E-state index in [1.165, 1.54) is 5.56 Å². The first-order valence-corrected chi connectivity index (χ1v) is 10.6. The maximum absolute atomic E-state index is 12.5. The molecular weight excluding hydrogens is 388 g/mol. The molecule has 0 aliphatic heterocycles. The fourth-order valence-corrected chi connectivity index (χ4v) is 3.92. The van der Waals surface area contributed by atoms with Crippen LogP contribution in [0.2, 0.25) is 0 Å². The Morgan fingerprint density at radius 1 is 1.00 bits per heavy atom. The molecule has 0 aliphatic rings. The largest absolute Gasteiger partial charge is 0.354 e. The van der Waals surface area contributed by atoms with E-state index in [2.05, 4.69) is 57.8 Å². The highest BCUT2D eigenvalue weighted by Crippen LogP contribution is 2.29. The van der Waals surface area contributed by atoms with E-state index in [9.17, 15) is 4.79 Å². The van der Waals surface area contributed by atoms with Crippen molar-refractivity contribution in [2.24, 2.45) is 0 Å². The van der Waals surface area contributed by atoms with Crippen LogP contribution in [0.4, 0.5) is 0 Å². The molecule has 3 aromatic heterocycles. The highest BCUT2D eigenvalue weighted by Gasteiger charge is 2.15. The molecule has 160 valence electrons. The second-order valence-electron chi connectivity index (χ2n) is 8.02. The Bertz CT molecular complexity index is 1220. The number of hydrogen-bond acceptors (Lipinski definition) is 4. The van der Waals surface area contributed by atoms with Gasteiger partial charge in [0.1, 0.15) is 6.54 Å². The topological polar surface area (TPSA) is 77.6 Å². The molecule has 0 saturated heterocycles. The Morgan fingerprint density at radius 2 is 1.77 bits per heavy atom. The maximum Gasteiger partial charge on any atom is 0.241 e. The van der Waals surface area contributed by atoms with Crippen LogP contribution in [0, 0.1) is 27.7 Å². The standard InChI is InChI=1S/C24H28N6O/c1-16-6-8-20(9-7-16)21-10-12-26-24-23(21)19(4)28-30(24)15-22(31)25-11-5-13-29-18(3)14-17(2)27-29/h6-10,12,14H,5,11,13,15H2,1-4H3,(H,25,31). The molecule has 0 unspecified atom stereocenters. The lowest BCUT2D eigenvalue weighted by Gasteiger charge is -2.08. The van der Waals surface area contributed by atoms with E-state index in [1.807, 2.05) is 31.5 Å². The van der Waals surface area contributed by atoms with Crippen LogP contribution in [0.25, 0.3) is 22.2 Å². The number of nitrogens with one attached hydrogen (secondary N) is 1. The molecule has 4 rings (SSSR count). The zero-order valence-electron chi connectivity index (χ0n) is 18.5. The van der Waals surface area contributed by atoms with Crippen LogP contribution in [-0.4, -0.2) is 37.0 Å². The van der Waals surface area contributed by atoms with Crippen molar-refractivity contribution in [3.8, 4) is 11.1 Å². The summed E-state index contributed by atoms with van der Waals surface area (Å²) in [4.78, 5) is 17.0. The third kappa shape index (κ3) is 4.50. The zero-order chi connectivity index (χ0) is 22.0. The van der Waals surface area contributed by atoms with Gasteiger partial charge >= 0.3 is 0 Å². The van der Waals surface area contributed by atoms with Gasteiger partial charge in [0.15, 0.2) is 5.65 Å². The molecule has 1 N–H and O–H groups in total. The van der Waals surface area contributed by atoms with Gasteiger partial charge in [-0.1, -0.05) is 29.8 Å². The number of carbonyl (C=O) groups is 1. The van der Waals surface area contributed by atoms with E-state index < -0.39 is 0 Å². The predicted octanol–water partition coefficient (Wildman–Crippen LogP) is 3.73. The van der Waals surface area contributed by atoms with Crippen LogP contribution in [0.5, 0.6) is 0 Å². The number of nitrogens with zero attached hydrogens (tertiary/aromatic N) is 5. The third-order valence-corrected chi connectivity index (χ3v) is 5.44. The minimum Gasteiger partial charge on any atom is -0.354 e. The Morgan fingerprint density at radius 3 is 2.48 bits per heavy atom. The Hall–Kier alpha value is -3.48. The molecule has 31 heavy (non-hydrogen) atoms. The number of aromatic nitrogens is 5. The van der Waals surface area contributed by atoms with Gasteiger partial charge in [-0.3, -0.25) is 9.48 Å².